The van der Waals surface area contributed by atoms with E-state index >= 15 is 0 Å². The van der Waals surface area contributed by atoms with Crippen LogP contribution in [0.25, 0.3) is 10.2 Å². The fourth-order valence-electron chi connectivity index (χ4n) is 4.20. The van der Waals surface area contributed by atoms with Crippen LogP contribution in [0.4, 0.5) is 5.82 Å². The molecule has 2 aliphatic rings. The van der Waals surface area contributed by atoms with Gasteiger partial charge in [0, 0.05) is 24.0 Å². The molecule has 1 aliphatic carbocycles. The van der Waals surface area contributed by atoms with Gasteiger partial charge in [-0.3, -0.25) is 4.90 Å². The molecule has 1 fully saturated rings. The van der Waals surface area contributed by atoms with Gasteiger partial charge in [0.25, 0.3) is 0 Å². The lowest BCUT2D eigenvalue weighted by atomic mass is 10.1. The number of aromatic nitrogens is 2. The van der Waals surface area contributed by atoms with Gasteiger partial charge in [-0.1, -0.05) is 30.3 Å². The molecule has 6 heteroatoms. The van der Waals surface area contributed by atoms with Crippen LogP contribution in [-0.2, 0) is 24.1 Å². The van der Waals surface area contributed by atoms with Gasteiger partial charge < -0.3 is 10.1 Å². The fraction of sp³-hybridized carbons (Fsp3) is 0.455. The maximum Gasteiger partial charge on any atom is 0.146 e. The third kappa shape index (κ3) is 3.52. The number of hydrogen-bond acceptors (Lipinski definition) is 6. The van der Waals surface area contributed by atoms with Crippen LogP contribution in [0.3, 0.4) is 0 Å². The second-order valence-corrected chi connectivity index (χ2v) is 8.77. The van der Waals surface area contributed by atoms with Gasteiger partial charge in [-0.15, -0.1) is 11.3 Å². The summed E-state index contributed by atoms with van der Waals surface area (Å²) in [5.74, 6) is 1.92. The smallest absolute Gasteiger partial charge is 0.146 e. The minimum atomic E-state index is 0.201. The van der Waals surface area contributed by atoms with E-state index in [-0.39, 0.29) is 6.04 Å². The van der Waals surface area contributed by atoms with Crippen molar-refractivity contribution in [1.29, 1.82) is 0 Å². The summed E-state index contributed by atoms with van der Waals surface area (Å²) in [5.41, 5.74) is 2.75. The lowest BCUT2D eigenvalue weighted by Crippen LogP contribution is -2.36. The number of nitrogens with one attached hydrogen (secondary N) is 1. The zero-order valence-corrected chi connectivity index (χ0v) is 17.1. The van der Waals surface area contributed by atoms with Gasteiger partial charge in [-0.2, -0.15) is 0 Å². The van der Waals surface area contributed by atoms with Crippen LogP contribution >= 0.6 is 11.3 Å². The Morgan fingerprint density at radius 2 is 1.96 bits per heavy atom. The molecule has 0 radical (unpaired) electrons. The molecular weight excluding hydrogens is 368 g/mol. The average molecular weight is 395 g/mol. The molecule has 0 spiro atoms. The van der Waals surface area contributed by atoms with Crippen LogP contribution in [0.2, 0.25) is 0 Å². The predicted molar refractivity (Wildman–Crippen MR) is 114 cm³/mol. The highest BCUT2D eigenvalue weighted by Crippen LogP contribution is 2.40. The first-order valence-corrected chi connectivity index (χ1v) is 11.0. The normalized spacial score (nSPS) is 18.3. The lowest BCUT2D eigenvalue weighted by Gasteiger charge is -2.26. The van der Waals surface area contributed by atoms with Crippen LogP contribution in [0.15, 0.2) is 30.3 Å². The number of rotatable bonds is 5. The Labute approximate surface area is 169 Å². The topological polar surface area (TPSA) is 50.3 Å². The van der Waals surface area contributed by atoms with Crippen molar-refractivity contribution in [2.24, 2.45) is 0 Å². The summed E-state index contributed by atoms with van der Waals surface area (Å²) in [6.45, 7) is 6.49. The van der Waals surface area contributed by atoms with Crippen LogP contribution in [0.5, 0.6) is 0 Å². The van der Waals surface area contributed by atoms with Crippen molar-refractivity contribution < 1.29 is 4.74 Å². The van der Waals surface area contributed by atoms with Crippen LogP contribution in [0.1, 0.15) is 41.2 Å². The Bertz CT molecular complexity index is 966. The first kappa shape index (κ1) is 18.0. The fourth-order valence-corrected chi connectivity index (χ4v) is 5.48. The van der Waals surface area contributed by atoms with Crippen molar-refractivity contribution in [3.05, 3.63) is 52.2 Å². The van der Waals surface area contributed by atoms with E-state index < -0.39 is 0 Å². The van der Waals surface area contributed by atoms with Crippen molar-refractivity contribution in [3.63, 3.8) is 0 Å². The van der Waals surface area contributed by atoms with E-state index in [1.165, 1.54) is 34.2 Å². The van der Waals surface area contributed by atoms with E-state index in [1.54, 1.807) is 0 Å². The van der Waals surface area contributed by atoms with Crippen molar-refractivity contribution in [2.45, 2.75) is 38.8 Å². The van der Waals surface area contributed by atoms with Crippen molar-refractivity contribution >= 4 is 27.4 Å². The second kappa shape index (κ2) is 7.78. The van der Waals surface area contributed by atoms with Crippen LogP contribution in [-0.4, -0.2) is 41.2 Å². The third-order valence-corrected chi connectivity index (χ3v) is 6.92. The van der Waals surface area contributed by atoms with E-state index in [0.717, 1.165) is 55.7 Å². The maximum absolute atomic E-state index is 5.48. The second-order valence-electron chi connectivity index (χ2n) is 7.69. The van der Waals surface area contributed by atoms with Crippen LogP contribution < -0.4 is 5.32 Å². The molecule has 1 saturated heterocycles. The number of thiophene rings is 1. The highest BCUT2D eigenvalue weighted by Gasteiger charge is 2.24. The average Bonchev–Trinajstić information content (AvgIpc) is 3.30. The molecular formula is C22H26N4OS. The molecule has 0 unspecified atom stereocenters. The summed E-state index contributed by atoms with van der Waals surface area (Å²) in [6, 6.07) is 10.8. The molecule has 3 aromatic rings. The molecule has 146 valence electrons. The van der Waals surface area contributed by atoms with E-state index in [9.17, 15) is 0 Å². The largest absolute Gasteiger partial charge is 0.379 e. The molecule has 0 amide bonds. The van der Waals surface area contributed by atoms with E-state index in [1.807, 2.05) is 11.3 Å². The number of fused-ring (bicyclic) bond motifs is 3. The first-order chi connectivity index (χ1) is 13.8. The van der Waals surface area contributed by atoms with Crippen LogP contribution in [0, 0.1) is 0 Å². The zero-order valence-electron chi connectivity index (χ0n) is 16.3. The van der Waals surface area contributed by atoms with E-state index in [0.29, 0.717) is 0 Å². The number of hydrogen-bond donors (Lipinski definition) is 1. The summed E-state index contributed by atoms with van der Waals surface area (Å²) in [6.07, 6.45) is 3.58. The molecule has 0 bridgehead atoms. The summed E-state index contributed by atoms with van der Waals surface area (Å²) < 4.78 is 5.48. The number of aryl methyl sites for hydroxylation is 2. The standard InChI is InChI=1S/C22H26N4OS/c1-15(16-6-3-2-4-7-16)23-21-20-17-8-5-9-18(17)28-22(20)25-19(24-21)14-26-10-12-27-13-11-26/h2-4,6-7,15H,5,8-14H2,1H3,(H,23,24,25)/t15-/m0/s1. The Morgan fingerprint density at radius 1 is 1.14 bits per heavy atom. The van der Waals surface area contributed by atoms with Gasteiger partial charge in [0.15, 0.2) is 0 Å². The Morgan fingerprint density at radius 3 is 2.79 bits per heavy atom. The van der Waals surface area contributed by atoms with Gasteiger partial charge in [0.05, 0.1) is 25.1 Å². The molecule has 28 heavy (non-hydrogen) atoms. The van der Waals surface area contributed by atoms with Crippen molar-refractivity contribution in [1.82, 2.24) is 14.9 Å². The molecule has 5 rings (SSSR count). The number of ether oxygens (including phenoxy) is 1. The number of nitrogens with zero attached hydrogens (tertiary/aromatic N) is 3. The molecule has 0 saturated carbocycles. The Hall–Kier alpha value is -2.02. The van der Waals surface area contributed by atoms with E-state index in [2.05, 4.69) is 47.5 Å². The van der Waals surface area contributed by atoms with E-state index in [4.69, 9.17) is 14.7 Å². The molecule has 2 aromatic heterocycles. The highest BCUT2D eigenvalue weighted by molar-refractivity contribution is 7.19. The lowest BCUT2D eigenvalue weighted by molar-refractivity contribution is 0.0331. The van der Waals surface area contributed by atoms with Gasteiger partial charge in [0.2, 0.25) is 0 Å². The zero-order chi connectivity index (χ0) is 18.9. The van der Waals surface area contributed by atoms with Gasteiger partial charge in [-0.05, 0) is 37.3 Å². The minimum absolute atomic E-state index is 0.201. The summed E-state index contributed by atoms with van der Waals surface area (Å²) in [5, 5.41) is 4.96. The number of anilines is 1. The molecule has 1 aliphatic heterocycles. The number of benzene rings is 1. The first-order valence-electron chi connectivity index (χ1n) is 10.2. The summed E-state index contributed by atoms with van der Waals surface area (Å²) in [7, 11) is 0. The molecule has 1 N–H and O–H groups in total. The summed E-state index contributed by atoms with van der Waals surface area (Å²) >= 11 is 1.87. The van der Waals surface area contributed by atoms with Crippen molar-refractivity contribution in [3.8, 4) is 0 Å². The Kier molecular flexibility index (Phi) is 5.01. The SMILES string of the molecule is C[C@H](Nc1nc(CN2CCOCC2)nc2sc3c(c12)CCC3)c1ccccc1. The maximum atomic E-state index is 5.48. The predicted octanol–water partition coefficient (Wildman–Crippen LogP) is 4.19. The highest BCUT2D eigenvalue weighted by atomic mass is 32.1. The van der Waals surface area contributed by atoms with Crippen molar-refractivity contribution in [2.75, 3.05) is 31.6 Å². The minimum Gasteiger partial charge on any atom is -0.379 e. The molecule has 1 atom stereocenters. The molecule has 1 aromatic carbocycles. The number of morpholine rings is 1. The monoisotopic (exact) mass is 394 g/mol. The molecule has 5 nitrogen and oxygen atoms in total. The van der Waals surface area contributed by atoms with Gasteiger partial charge in [-0.25, -0.2) is 9.97 Å². The summed E-state index contributed by atoms with van der Waals surface area (Å²) in [4.78, 5) is 15.0. The quantitative estimate of drug-likeness (QED) is 0.703. The van der Waals surface area contributed by atoms with Gasteiger partial charge in [0.1, 0.15) is 16.5 Å². The van der Waals surface area contributed by atoms with Gasteiger partial charge >= 0.3 is 0 Å². The molecule has 3 heterocycles. The third-order valence-electron chi connectivity index (χ3n) is 5.73. The Balaban J connectivity index is 1.51.